The number of esters is 1. The van der Waals surface area contributed by atoms with Crippen molar-refractivity contribution in [1.82, 2.24) is 15.2 Å². The van der Waals surface area contributed by atoms with Gasteiger partial charge in [0.2, 0.25) is 5.95 Å². The predicted octanol–water partition coefficient (Wildman–Crippen LogP) is 1.24. The largest absolute Gasteiger partial charge is 0.465 e. The second-order valence-corrected chi connectivity index (χ2v) is 4.93. The van der Waals surface area contributed by atoms with Crippen molar-refractivity contribution in [3.05, 3.63) is 36.0 Å². The first-order valence-electron chi connectivity index (χ1n) is 7.24. The zero-order valence-corrected chi connectivity index (χ0v) is 12.7. The van der Waals surface area contributed by atoms with Gasteiger partial charge in [0, 0.05) is 18.8 Å². The number of methoxy groups -OCH3 is 1. The van der Waals surface area contributed by atoms with Crippen molar-refractivity contribution in [2.45, 2.75) is 0 Å². The molecule has 23 heavy (non-hydrogen) atoms. The van der Waals surface area contributed by atoms with Crippen LogP contribution in [-0.4, -0.2) is 54.6 Å². The van der Waals surface area contributed by atoms with Crippen molar-refractivity contribution in [2.24, 2.45) is 0 Å². The van der Waals surface area contributed by atoms with Crippen molar-refractivity contribution in [3.8, 4) is 0 Å². The summed E-state index contributed by atoms with van der Waals surface area (Å²) in [5.41, 5.74) is 1.14. The van der Waals surface area contributed by atoms with Gasteiger partial charge in [-0.25, -0.2) is 4.79 Å². The highest BCUT2D eigenvalue weighted by molar-refractivity contribution is 5.90. The van der Waals surface area contributed by atoms with E-state index in [9.17, 15) is 4.79 Å². The molecule has 1 aliphatic heterocycles. The molecule has 0 unspecified atom stereocenters. The Balaban J connectivity index is 1.76. The molecule has 1 aromatic heterocycles. The van der Waals surface area contributed by atoms with Crippen LogP contribution in [-0.2, 0) is 9.47 Å². The summed E-state index contributed by atoms with van der Waals surface area (Å²) in [7, 11) is 1.35. The van der Waals surface area contributed by atoms with Gasteiger partial charge in [-0.15, -0.1) is 5.10 Å². The van der Waals surface area contributed by atoms with Gasteiger partial charge in [-0.3, -0.25) is 0 Å². The van der Waals surface area contributed by atoms with Gasteiger partial charge in [0.05, 0.1) is 32.1 Å². The van der Waals surface area contributed by atoms with Crippen molar-refractivity contribution in [3.63, 3.8) is 0 Å². The van der Waals surface area contributed by atoms with Gasteiger partial charge in [-0.1, -0.05) is 6.07 Å². The van der Waals surface area contributed by atoms with E-state index in [4.69, 9.17) is 9.47 Å². The van der Waals surface area contributed by atoms with Gasteiger partial charge in [-0.2, -0.15) is 10.1 Å². The molecule has 2 heterocycles. The summed E-state index contributed by atoms with van der Waals surface area (Å²) in [5.74, 6) is 0.723. The van der Waals surface area contributed by atoms with Crippen LogP contribution in [0.5, 0.6) is 0 Å². The van der Waals surface area contributed by atoms with E-state index in [1.54, 1.807) is 24.4 Å². The van der Waals surface area contributed by atoms with E-state index in [-0.39, 0.29) is 0 Å². The van der Waals surface area contributed by atoms with Gasteiger partial charge < -0.3 is 19.7 Å². The molecule has 0 spiro atoms. The van der Waals surface area contributed by atoms with Crippen LogP contribution in [0, 0.1) is 0 Å². The van der Waals surface area contributed by atoms with Crippen molar-refractivity contribution < 1.29 is 14.3 Å². The van der Waals surface area contributed by atoms with Crippen molar-refractivity contribution >= 4 is 23.4 Å². The lowest BCUT2D eigenvalue weighted by atomic mass is 10.2. The standard InChI is InChI=1S/C15H17N5O3/c1-22-14(21)11-3-2-4-12(9-11)17-15-18-13(10-16-19-15)20-5-7-23-8-6-20/h2-4,9-10H,5-8H2,1H3,(H,17,18,19). The third-order valence-electron chi connectivity index (χ3n) is 3.42. The molecular formula is C15H17N5O3. The zero-order valence-electron chi connectivity index (χ0n) is 12.7. The molecular weight excluding hydrogens is 298 g/mol. The van der Waals surface area contributed by atoms with Crippen LogP contribution >= 0.6 is 0 Å². The minimum absolute atomic E-state index is 0.371. The monoisotopic (exact) mass is 315 g/mol. The highest BCUT2D eigenvalue weighted by atomic mass is 16.5. The Labute approximate surface area is 133 Å². The number of carbonyl (C=O) groups is 1. The first kappa shape index (κ1) is 15.2. The predicted molar refractivity (Wildman–Crippen MR) is 83.9 cm³/mol. The number of ether oxygens (including phenoxy) is 2. The van der Waals surface area contributed by atoms with Gasteiger partial charge in [0.15, 0.2) is 5.82 Å². The van der Waals surface area contributed by atoms with E-state index < -0.39 is 5.97 Å². The Morgan fingerprint density at radius 3 is 2.96 bits per heavy atom. The maximum atomic E-state index is 11.6. The molecule has 120 valence electrons. The number of hydrogen-bond acceptors (Lipinski definition) is 8. The molecule has 3 rings (SSSR count). The Hall–Kier alpha value is -2.74. The normalized spacial score (nSPS) is 14.4. The highest BCUT2D eigenvalue weighted by Crippen LogP contribution is 2.17. The average molecular weight is 315 g/mol. The van der Waals surface area contributed by atoms with Crippen LogP contribution in [0.3, 0.4) is 0 Å². The highest BCUT2D eigenvalue weighted by Gasteiger charge is 2.14. The lowest BCUT2D eigenvalue weighted by molar-refractivity contribution is 0.0601. The molecule has 2 aromatic rings. The minimum Gasteiger partial charge on any atom is -0.465 e. The summed E-state index contributed by atoms with van der Waals surface area (Å²) in [5, 5.41) is 11.0. The van der Waals surface area contributed by atoms with E-state index in [1.165, 1.54) is 7.11 Å². The number of rotatable bonds is 4. The molecule has 1 aromatic carbocycles. The Morgan fingerprint density at radius 1 is 1.35 bits per heavy atom. The number of anilines is 3. The third kappa shape index (κ3) is 3.72. The lowest BCUT2D eigenvalue weighted by Crippen LogP contribution is -2.36. The molecule has 0 saturated carbocycles. The van der Waals surface area contributed by atoms with E-state index in [0.29, 0.717) is 30.4 Å². The van der Waals surface area contributed by atoms with E-state index in [0.717, 1.165) is 18.9 Å². The van der Waals surface area contributed by atoms with Crippen LogP contribution in [0.2, 0.25) is 0 Å². The lowest BCUT2D eigenvalue weighted by Gasteiger charge is -2.27. The second kappa shape index (κ2) is 7.01. The van der Waals surface area contributed by atoms with E-state index in [2.05, 4.69) is 25.4 Å². The minimum atomic E-state index is -0.394. The molecule has 1 N–H and O–H groups in total. The van der Waals surface area contributed by atoms with Crippen molar-refractivity contribution in [1.29, 1.82) is 0 Å². The van der Waals surface area contributed by atoms with Gasteiger partial charge in [0.1, 0.15) is 0 Å². The summed E-state index contributed by atoms with van der Waals surface area (Å²) in [6.07, 6.45) is 1.63. The quantitative estimate of drug-likeness (QED) is 0.843. The molecule has 8 nitrogen and oxygen atoms in total. The summed E-state index contributed by atoms with van der Waals surface area (Å²) in [6, 6.07) is 6.93. The van der Waals surface area contributed by atoms with Crippen LogP contribution in [0.1, 0.15) is 10.4 Å². The molecule has 0 amide bonds. The number of benzene rings is 1. The molecule has 0 radical (unpaired) electrons. The number of aromatic nitrogens is 3. The van der Waals surface area contributed by atoms with Crippen LogP contribution in [0.4, 0.5) is 17.5 Å². The number of nitrogens with zero attached hydrogens (tertiary/aromatic N) is 4. The van der Waals surface area contributed by atoms with Gasteiger partial charge >= 0.3 is 5.97 Å². The zero-order chi connectivity index (χ0) is 16.1. The van der Waals surface area contributed by atoms with E-state index >= 15 is 0 Å². The fourth-order valence-corrected chi connectivity index (χ4v) is 2.26. The third-order valence-corrected chi connectivity index (χ3v) is 3.42. The summed E-state index contributed by atoms with van der Waals surface area (Å²) in [6.45, 7) is 2.90. The molecule has 1 aliphatic rings. The van der Waals surface area contributed by atoms with E-state index in [1.807, 2.05) is 6.07 Å². The molecule has 1 saturated heterocycles. The number of nitrogens with one attached hydrogen (secondary N) is 1. The average Bonchev–Trinajstić information content (AvgIpc) is 2.62. The smallest absolute Gasteiger partial charge is 0.337 e. The molecule has 8 heteroatoms. The Kier molecular flexibility index (Phi) is 4.62. The molecule has 1 fully saturated rings. The maximum absolute atomic E-state index is 11.6. The first-order valence-corrected chi connectivity index (χ1v) is 7.24. The summed E-state index contributed by atoms with van der Waals surface area (Å²) in [4.78, 5) is 18.1. The Morgan fingerprint density at radius 2 is 2.17 bits per heavy atom. The fraction of sp³-hybridized carbons (Fsp3) is 0.333. The van der Waals surface area contributed by atoms with Crippen LogP contribution in [0.25, 0.3) is 0 Å². The van der Waals surface area contributed by atoms with Gasteiger partial charge in [-0.05, 0) is 18.2 Å². The topological polar surface area (TPSA) is 89.5 Å². The first-order chi connectivity index (χ1) is 11.3. The SMILES string of the molecule is COC(=O)c1cccc(Nc2nncc(N3CCOCC3)n2)c1. The number of carbonyl (C=O) groups excluding carboxylic acids is 1. The second-order valence-electron chi connectivity index (χ2n) is 4.93. The maximum Gasteiger partial charge on any atom is 0.337 e. The molecule has 0 aliphatic carbocycles. The molecule has 0 bridgehead atoms. The van der Waals surface area contributed by atoms with Crippen LogP contribution in [0.15, 0.2) is 30.5 Å². The van der Waals surface area contributed by atoms with Gasteiger partial charge in [0.25, 0.3) is 0 Å². The fourth-order valence-electron chi connectivity index (χ4n) is 2.26. The molecule has 0 atom stereocenters. The van der Waals surface area contributed by atoms with Crippen molar-refractivity contribution in [2.75, 3.05) is 43.6 Å². The summed E-state index contributed by atoms with van der Waals surface area (Å²) < 4.78 is 10.0. The number of morpholine rings is 1. The van der Waals surface area contributed by atoms with Crippen LogP contribution < -0.4 is 10.2 Å². The number of hydrogen-bond donors (Lipinski definition) is 1. The summed E-state index contributed by atoms with van der Waals surface area (Å²) >= 11 is 0. The Bertz CT molecular complexity index is 688.